The smallest absolute Gasteiger partial charge is 0.269 e. The standard InChI is InChI=1S/C19H20BrN3O5S/c1-26-9-10-28-15-6-4-3-5-13(15)18(25)21-19(29)23-22-17(24)12-7-8-16(27-2)14(20)11-12/h3-8,11H,9-10H2,1-2H3,(H,22,24)(H2,21,23,25,29). The summed E-state index contributed by atoms with van der Waals surface area (Å²) in [6, 6.07) is 11.6. The molecule has 0 saturated heterocycles. The summed E-state index contributed by atoms with van der Waals surface area (Å²) in [5.74, 6) is 0.0888. The molecule has 2 amide bonds. The van der Waals surface area contributed by atoms with Gasteiger partial charge >= 0.3 is 0 Å². The highest BCUT2D eigenvalue weighted by Gasteiger charge is 2.14. The van der Waals surface area contributed by atoms with Crippen LogP contribution in [0.5, 0.6) is 11.5 Å². The van der Waals surface area contributed by atoms with Gasteiger partial charge in [-0.05, 0) is 58.5 Å². The van der Waals surface area contributed by atoms with Crippen LogP contribution < -0.4 is 25.6 Å². The van der Waals surface area contributed by atoms with Crippen molar-refractivity contribution in [3.05, 3.63) is 58.1 Å². The molecule has 0 aliphatic heterocycles. The van der Waals surface area contributed by atoms with Crippen molar-refractivity contribution in [1.82, 2.24) is 16.2 Å². The fourth-order valence-electron chi connectivity index (χ4n) is 2.21. The number of carbonyl (C=O) groups excluding carboxylic acids is 2. The minimum atomic E-state index is -0.475. The Labute approximate surface area is 182 Å². The van der Waals surface area contributed by atoms with Crippen molar-refractivity contribution in [2.75, 3.05) is 27.4 Å². The van der Waals surface area contributed by atoms with Crippen LogP contribution in [0.25, 0.3) is 0 Å². The highest BCUT2D eigenvalue weighted by Crippen LogP contribution is 2.25. The molecule has 0 atom stereocenters. The van der Waals surface area contributed by atoms with Crippen molar-refractivity contribution in [3.8, 4) is 11.5 Å². The van der Waals surface area contributed by atoms with Crippen molar-refractivity contribution in [1.29, 1.82) is 0 Å². The Morgan fingerprint density at radius 3 is 2.45 bits per heavy atom. The van der Waals surface area contributed by atoms with Crippen molar-refractivity contribution in [2.24, 2.45) is 0 Å². The van der Waals surface area contributed by atoms with E-state index in [2.05, 4.69) is 32.1 Å². The van der Waals surface area contributed by atoms with Gasteiger partial charge in [0, 0.05) is 12.7 Å². The number of hydrazine groups is 1. The number of halogens is 1. The maximum absolute atomic E-state index is 12.5. The zero-order chi connectivity index (χ0) is 21.2. The van der Waals surface area contributed by atoms with Gasteiger partial charge in [-0.1, -0.05) is 12.1 Å². The third-order valence-electron chi connectivity index (χ3n) is 3.61. The Balaban J connectivity index is 1.91. The van der Waals surface area contributed by atoms with Gasteiger partial charge in [-0.15, -0.1) is 0 Å². The summed E-state index contributed by atoms with van der Waals surface area (Å²) in [5.41, 5.74) is 5.59. The summed E-state index contributed by atoms with van der Waals surface area (Å²) in [7, 11) is 3.09. The molecule has 2 rings (SSSR count). The topological polar surface area (TPSA) is 97.9 Å². The lowest BCUT2D eigenvalue weighted by Crippen LogP contribution is -2.48. The fourth-order valence-corrected chi connectivity index (χ4v) is 2.89. The summed E-state index contributed by atoms with van der Waals surface area (Å²) in [5, 5.41) is 2.42. The predicted octanol–water partition coefficient (Wildman–Crippen LogP) is 2.43. The molecule has 8 nitrogen and oxygen atoms in total. The van der Waals surface area contributed by atoms with Gasteiger partial charge in [0.2, 0.25) is 0 Å². The minimum absolute atomic E-state index is 0.0670. The first-order valence-corrected chi connectivity index (χ1v) is 9.62. The molecule has 0 aliphatic rings. The van der Waals surface area contributed by atoms with E-state index in [0.29, 0.717) is 40.3 Å². The second kappa shape index (κ2) is 11.3. The Kier molecular flexibility index (Phi) is 8.84. The molecule has 0 aliphatic carbocycles. The Bertz CT molecular complexity index is 894. The first-order valence-electron chi connectivity index (χ1n) is 8.42. The number of benzene rings is 2. The lowest BCUT2D eigenvalue weighted by Gasteiger charge is -2.13. The maximum atomic E-state index is 12.5. The molecule has 0 saturated carbocycles. The van der Waals surface area contributed by atoms with Gasteiger partial charge in [-0.3, -0.25) is 25.8 Å². The fraction of sp³-hybridized carbons (Fsp3) is 0.211. The van der Waals surface area contributed by atoms with E-state index >= 15 is 0 Å². The van der Waals surface area contributed by atoms with E-state index in [4.69, 9.17) is 26.4 Å². The lowest BCUT2D eigenvalue weighted by atomic mass is 10.2. The first kappa shape index (κ1) is 22.6. The zero-order valence-corrected chi connectivity index (χ0v) is 18.2. The Morgan fingerprint density at radius 2 is 1.76 bits per heavy atom. The van der Waals surface area contributed by atoms with Crippen LogP contribution in [-0.2, 0) is 4.74 Å². The largest absolute Gasteiger partial charge is 0.496 e. The van der Waals surface area contributed by atoms with E-state index in [1.807, 2.05) is 0 Å². The van der Waals surface area contributed by atoms with Crippen LogP contribution in [0.4, 0.5) is 0 Å². The van der Waals surface area contributed by atoms with Crippen molar-refractivity contribution in [2.45, 2.75) is 0 Å². The third kappa shape index (κ3) is 6.70. The van der Waals surface area contributed by atoms with Crippen molar-refractivity contribution < 1.29 is 23.8 Å². The summed E-state index contributed by atoms with van der Waals surface area (Å²) < 4.78 is 16.2. The molecular formula is C19H20BrN3O5S. The molecule has 2 aromatic rings. The van der Waals surface area contributed by atoms with Crippen LogP contribution in [-0.4, -0.2) is 44.4 Å². The quantitative estimate of drug-likeness (QED) is 0.317. The van der Waals surface area contributed by atoms with Crippen molar-refractivity contribution in [3.63, 3.8) is 0 Å². The molecule has 0 aromatic heterocycles. The zero-order valence-electron chi connectivity index (χ0n) is 15.8. The number of carbonyl (C=O) groups is 2. The molecule has 0 spiro atoms. The molecule has 29 heavy (non-hydrogen) atoms. The van der Waals surface area contributed by atoms with Crippen LogP contribution in [0.2, 0.25) is 0 Å². The van der Waals surface area contributed by atoms with Crippen LogP contribution in [0.3, 0.4) is 0 Å². The van der Waals surface area contributed by atoms with E-state index in [9.17, 15) is 9.59 Å². The molecule has 0 heterocycles. The molecule has 154 valence electrons. The molecule has 0 fully saturated rings. The van der Waals surface area contributed by atoms with Crippen molar-refractivity contribution >= 4 is 45.1 Å². The van der Waals surface area contributed by atoms with E-state index in [1.165, 1.54) is 7.11 Å². The highest BCUT2D eigenvalue weighted by atomic mass is 79.9. The summed E-state index contributed by atoms with van der Waals surface area (Å²) >= 11 is 8.38. The molecule has 0 radical (unpaired) electrons. The number of para-hydroxylation sites is 1. The van der Waals surface area contributed by atoms with Gasteiger partial charge < -0.3 is 14.2 Å². The molecule has 0 unspecified atom stereocenters. The molecule has 0 bridgehead atoms. The predicted molar refractivity (Wildman–Crippen MR) is 115 cm³/mol. The second-order valence-corrected chi connectivity index (χ2v) is 6.81. The number of ether oxygens (including phenoxy) is 3. The van der Waals surface area contributed by atoms with Gasteiger partial charge in [0.05, 0.1) is 23.8 Å². The monoisotopic (exact) mass is 481 g/mol. The van der Waals surface area contributed by atoms with Crippen LogP contribution in [0.15, 0.2) is 46.9 Å². The normalized spacial score (nSPS) is 10.0. The second-order valence-electron chi connectivity index (χ2n) is 5.55. The number of nitrogens with one attached hydrogen (secondary N) is 3. The van der Waals surface area contributed by atoms with Gasteiger partial charge in [0.15, 0.2) is 5.11 Å². The number of methoxy groups -OCH3 is 2. The van der Waals surface area contributed by atoms with E-state index in [-0.39, 0.29) is 5.11 Å². The van der Waals surface area contributed by atoms with E-state index in [0.717, 1.165) is 0 Å². The highest BCUT2D eigenvalue weighted by molar-refractivity contribution is 9.10. The van der Waals surface area contributed by atoms with Gasteiger partial charge in [0.1, 0.15) is 18.1 Å². The number of hydrogen-bond acceptors (Lipinski definition) is 6. The molecule has 3 N–H and O–H groups in total. The molecule has 2 aromatic carbocycles. The summed E-state index contributed by atoms with van der Waals surface area (Å²) in [6.07, 6.45) is 0. The maximum Gasteiger partial charge on any atom is 0.269 e. The Hall–Kier alpha value is -2.69. The van der Waals surface area contributed by atoms with Crippen LogP contribution in [0.1, 0.15) is 20.7 Å². The van der Waals surface area contributed by atoms with E-state index in [1.54, 1.807) is 49.6 Å². The Morgan fingerprint density at radius 1 is 1.00 bits per heavy atom. The number of rotatable bonds is 7. The van der Waals surface area contributed by atoms with E-state index < -0.39 is 11.8 Å². The number of amides is 2. The van der Waals surface area contributed by atoms with Crippen LogP contribution in [0, 0.1) is 0 Å². The van der Waals surface area contributed by atoms with Gasteiger partial charge in [-0.25, -0.2) is 0 Å². The first-order chi connectivity index (χ1) is 14.0. The SMILES string of the molecule is COCCOc1ccccc1C(=O)NC(=S)NNC(=O)c1ccc(OC)c(Br)c1. The lowest BCUT2D eigenvalue weighted by molar-refractivity contribution is 0.0933. The average molecular weight is 482 g/mol. The van der Waals surface area contributed by atoms with Gasteiger partial charge in [-0.2, -0.15) is 0 Å². The summed E-state index contributed by atoms with van der Waals surface area (Å²) in [6.45, 7) is 0.695. The number of hydrogen-bond donors (Lipinski definition) is 3. The third-order valence-corrected chi connectivity index (χ3v) is 4.43. The van der Waals surface area contributed by atoms with Crippen LogP contribution >= 0.6 is 28.1 Å². The number of thiocarbonyl (C=S) groups is 1. The minimum Gasteiger partial charge on any atom is -0.496 e. The average Bonchev–Trinajstić information content (AvgIpc) is 2.72. The molecule has 10 heteroatoms. The molecular weight excluding hydrogens is 462 g/mol. The summed E-state index contributed by atoms with van der Waals surface area (Å²) in [4.78, 5) is 24.7. The van der Waals surface area contributed by atoms with Gasteiger partial charge in [0.25, 0.3) is 11.8 Å².